The van der Waals surface area contributed by atoms with Crippen molar-refractivity contribution in [2.45, 2.75) is 19.4 Å². The van der Waals surface area contributed by atoms with Crippen LogP contribution in [0.3, 0.4) is 0 Å². The van der Waals surface area contributed by atoms with Gasteiger partial charge in [0, 0.05) is 20.6 Å². The number of rotatable bonds is 5. The summed E-state index contributed by atoms with van der Waals surface area (Å²) in [7, 11) is 0. The first-order valence-electron chi connectivity index (χ1n) is 6.37. The van der Waals surface area contributed by atoms with Gasteiger partial charge >= 0.3 is 5.97 Å². The molecule has 0 radical (unpaired) electrons. The summed E-state index contributed by atoms with van der Waals surface area (Å²) in [5, 5.41) is 0. The van der Waals surface area contributed by atoms with Gasteiger partial charge in [0.15, 0.2) is 0 Å². The Hall–Kier alpha value is -1.17. The van der Waals surface area contributed by atoms with E-state index in [9.17, 15) is 4.79 Å². The zero-order valence-corrected chi connectivity index (χ0v) is 13.5. The molecule has 0 saturated heterocycles. The fourth-order valence-corrected chi connectivity index (χ4v) is 3.30. The van der Waals surface area contributed by atoms with E-state index in [1.807, 2.05) is 18.2 Å². The number of ether oxygens (including phenoxy) is 1. The molecule has 0 aliphatic rings. The lowest BCUT2D eigenvalue weighted by Crippen LogP contribution is -2.34. The smallest absolute Gasteiger partial charge is 0.323 e. The molecule has 20 heavy (non-hydrogen) atoms. The van der Waals surface area contributed by atoms with Crippen molar-refractivity contribution in [1.29, 1.82) is 0 Å². The minimum atomic E-state index is -0.594. The molecule has 1 atom stereocenters. The van der Waals surface area contributed by atoms with Crippen molar-refractivity contribution >= 4 is 33.2 Å². The Balaban J connectivity index is 2.08. The predicted molar refractivity (Wildman–Crippen MR) is 85.8 cm³/mol. The molecule has 0 spiro atoms. The molecule has 0 bridgehead atoms. The van der Waals surface area contributed by atoms with E-state index >= 15 is 0 Å². The molecular weight excluding hydrogens is 338 g/mol. The minimum Gasteiger partial charge on any atom is -0.465 e. The Morgan fingerprint density at radius 2 is 2.20 bits per heavy atom. The van der Waals surface area contributed by atoms with Crippen LogP contribution < -0.4 is 5.73 Å². The van der Waals surface area contributed by atoms with Gasteiger partial charge in [-0.25, -0.2) is 0 Å². The van der Waals surface area contributed by atoms with E-state index in [1.165, 1.54) is 0 Å². The number of carbonyl (C=O) groups is 1. The van der Waals surface area contributed by atoms with Crippen molar-refractivity contribution in [1.82, 2.24) is 0 Å². The van der Waals surface area contributed by atoms with Crippen LogP contribution in [-0.2, 0) is 16.0 Å². The molecule has 2 aromatic rings. The van der Waals surface area contributed by atoms with E-state index in [4.69, 9.17) is 10.5 Å². The minimum absolute atomic E-state index is 0.343. The zero-order valence-electron chi connectivity index (χ0n) is 11.1. The molecule has 0 amide bonds. The van der Waals surface area contributed by atoms with Crippen LogP contribution in [0.25, 0.3) is 10.4 Å². The van der Waals surface area contributed by atoms with E-state index in [0.717, 1.165) is 19.8 Å². The molecular formula is C15H16BrNO2S. The Bertz CT molecular complexity index is 597. The summed E-state index contributed by atoms with van der Waals surface area (Å²) in [6.45, 7) is 2.14. The lowest BCUT2D eigenvalue weighted by Gasteiger charge is -2.08. The molecule has 2 N–H and O–H groups in total. The van der Waals surface area contributed by atoms with Crippen LogP contribution in [0.15, 0.2) is 40.9 Å². The normalized spacial score (nSPS) is 12.2. The molecule has 3 nitrogen and oxygen atoms in total. The van der Waals surface area contributed by atoms with Crippen molar-refractivity contribution in [3.05, 3.63) is 45.7 Å². The quantitative estimate of drug-likeness (QED) is 0.835. The highest BCUT2D eigenvalue weighted by Crippen LogP contribution is 2.30. The molecule has 106 valence electrons. The summed E-state index contributed by atoms with van der Waals surface area (Å²) < 4.78 is 5.97. The van der Waals surface area contributed by atoms with Crippen LogP contribution in [0.1, 0.15) is 11.8 Å². The van der Waals surface area contributed by atoms with Gasteiger partial charge in [-0.2, -0.15) is 0 Å². The Labute approximate surface area is 130 Å². The van der Waals surface area contributed by atoms with Crippen molar-refractivity contribution in [2.24, 2.45) is 5.73 Å². The summed E-state index contributed by atoms with van der Waals surface area (Å²) in [5.74, 6) is -0.343. The Morgan fingerprint density at radius 3 is 2.90 bits per heavy atom. The lowest BCUT2D eigenvalue weighted by atomic mass is 10.2. The largest absolute Gasteiger partial charge is 0.465 e. The molecule has 0 aliphatic heterocycles. The third-order valence-corrected chi connectivity index (χ3v) is 4.43. The van der Waals surface area contributed by atoms with E-state index in [2.05, 4.69) is 34.1 Å². The van der Waals surface area contributed by atoms with Gasteiger partial charge in [-0.3, -0.25) is 4.79 Å². The molecule has 5 heteroatoms. The summed E-state index contributed by atoms with van der Waals surface area (Å²) in [6.07, 6.45) is 0.511. The number of thiophene rings is 1. The fraction of sp³-hybridized carbons (Fsp3) is 0.267. The topological polar surface area (TPSA) is 52.3 Å². The van der Waals surface area contributed by atoms with Gasteiger partial charge in [0.05, 0.1) is 6.61 Å². The van der Waals surface area contributed by atoms with Crippen molar-refractivity contribution in [2.75, 3.05) is 6.61 Å². The SMILES string of the molecule is CCOC(=O)C(N)Cc1ccc(-c2cccc(Br)c2)s1. The zero-order chi connectivity index (χ0) is 14.5. The Kier molecular flexibility index (Phi) is 5.34. The number of hydrogen-bond donors (Lipinski definition) is 1. The number of carbonyl (C=O) groups excluding carboxylic acids is 1. The van der Waals surface area contributed by atoms with Gasteiger partial charge in [0.2, 0.25) is 0 Å². The van der Waals surface area contributed by atoms with Crippen LogP contribution in [-0.4, -0.2) is 18.6 Å². The first-order chi connectivity index (χ1) is 9.60. The summed E-state index contributed by atoms with van der Waals surface area (Å²) in [4.78, 5) is 13.8. The van der Waals surface area contributed by atoms with Crippen LogP contribution >= 0.6 is 27.3 Å². The average Bonchev–Trinajstić information content (AvgIpc) is 2.87. The standard InChI is InChI=1S/C15H16BrNO2S/c1-2-19-15(18)13(17)9-12-6-7-14(20-12)10-4-3-5-11(16)8-10/h3-8,13H,2,9,17H2,1H3. The van der Waals surface area contributed by atoms with Crippen LogP contribution in [0, 0.1) is 0 Å². The maximum absolute atomic E-state index is 11.5. The molecule has 0 fully saturated rings. The molecule has 0 aliphatic carbocycles. The number of esters is 1. The second-order valence-electron chi connectivity index (χ2n) is 4.34. The highest BCUT2D eigenvalue weighted by molar-refractivity contribution is 9.10. The third-order valence-electron chi connectivity index (χ3n) is 2.78. The second-order valence-corrected chi connectivity index (χ2v) is 6.42. The number of nitrogens with two attached hydrogens (primary N) is 1. The molecule has 2 rings (SSSR count). The van der Waals surface area contributed by atoms with Crippen LogP contribution in [0.5, 0.6) is 0 Å². The highest BCUT2D eigenvalue weighted by atomic mass is 79.9. The fourth-order valence-electron chi connectivity index (χ4n) is 1.83. The lowest BCUT2D eigenvalue weighted by molar-refractivity contribution is -0.144. The first kappa shape index (κ1) is 15.2. The maximum atomic E-state index is 11.5. The maximum Gasteiger partial charge on any atom is 0.323 e. The molecule has 1 aromatic carbocycles. The number of hydrogen-bond acceptors (Lipinski definition) is 4. The van der Waals surface area contributed by atoms with E-state index < -0.39 is 6.04 Å². The van der Waals surface area contributed by atoms with Gasteiger partial charge in [-0.15, -0.1) is 11.3 Å². The molecule has 1 unspecified atom stereocenters. The van der Waals surface area contributed by atoms with Gasteiger partial charge in [-0.05, 0) is 36.8 Å². The first-order valence-corrected chi connectivity index (χ1v) is 7.98. The summed E-state index contributed by atoms with van der Waals surface area (Å²) >= 11 is 5.12. The number of halogens is 1. The van der Waals surface area contributed by atoms with Crippen molar-refractivity contribution in [3.63, 3.8) is 0 Å². The van der Waals surface area contributed by atoms with E-state index in [0.29, 0.717) is 13.0 Å². The Morgan fingerprint density at radius 1 is 1.40 bits per heavy atom. The average molecular weight is 354 g/mol. The van der Waals surface area contributed by atoms with Crippen LogP contribution in [0.4, 0.5) is 0 Å². The van der Waals surface area contributed by atoms with Gasteiger partial charge in [0.1, 0.15) is 6.04 Å². The molecule has 1 heterocycles. The summed E-state index contributed by atoms with van der Waals surface area (Å²) in [5.41, 5.74) is 6.99. The third kappa shape index (κ3) is 3.91. The number of benzene rings is 1. The predicted octanol–water partition coefficient (Wildman–Crippen LogP) is 3.61. The van der Waals surface area contributed by atoms with Gasteiger partial charge in [0.25, 0.3) is 0 Å². The van der Waals surface area contributed by atoms with Gasteiger partial charge < -0.3 is 10.5 Å². The van der Waals surface area contributed by atoms with Gasteiger partial charge in [-0.1, -0.05) is 28.1 Å². The van der Waals surface area contributed by atoms with E-state index in [-0.39, 0.29) is 5.97 Å². The second kappa shape index (κ2) is 7.02. The summed E-state index contributed by atoms with van der Waals surface area (Å²) in [6, 6.07) is 11.6. The molecule has 1 aromatic heterocycles. The molecule has 0 saturated carbocycles. The van der Waals surface area contributed by atoms with Crippen molar-refractivity contribution in [3.8, 4) is 10.4 Å². The van der Waals surface area contributed by atoms with Crippen molar-refractivity contribution < 1.29 is 9.53 Å². The van der Waals surface area contributed by atoms with Crippen LogP contribution in [0.2, 0.25) is 0 Å². The van der Waals surface area contributed by atoms with E-state index in [1.54, 1.807) is 18.3 Å². The highest BCUT2D eigenvalue weighted by Gasteiger charge is 2.16. The monoisotopic (exact) mass is 353 g/mol.